The zero-order chi connectivity index (χ0) is 14.9. The number of ether oxygens (including phenoxy) is 1. The highest BCUT2D eigenvalue weighted by Crippen LogP contribution is 2.15. The maximum atomic E-state index is 11.7. The molecule has 0 aliphatic carbocycles. The Balaban J connectivity index is 1.63. The SMILES string of the molecule is O=C(CCOc1ccccc1)NCCc1ccccc1O. The Morgan fingerprint density at radius 2 is 1.76 bits per heavy atom. The van der Waals surface area contributed by atoms with E-state index in [4.69, 9.17) is 4.74 Å². The quantitative estimate of drug-likeness (QED) is 0.822. The van der Waals surface area contributed by atoms with E-state index in [-0.39, 0.29) is 11.7 Å². The van der Waals surface area contributed by atoms with Crippen LogP contribution in [0.15, 0.2) is 54.6 Å². The third kappa shape index (κ3) is 5.18. The lowest BCUT2D eigenvalue weighted by atomic mass is 10.1. The molecule has 2 N–H and O–H groups in total. The number of hydrogen-bond donors (Lipinski definition) is 2. The van der Waals surface area contributed by atoms with Gasteiger partial charge in [-0.25, -0.2) is 0 Å². The topological polar surface area (TPSA) is 58.6 Å². The lowest BCUT2D eigenvalue weighted by Gasteiger charge is -2.08. The van der Waals surface area contributed by atoms with Gasteiger partial charge in [0.1, 0.15) is 11.5 Å². The average molecular weight is 285 g/mol. The van der Waals surface area contributed by atoms with Crippen molar-refractivity contribution in [1.82, 2.24) is 5.32 Å². The summed E-state index contributed by atoms with van der Waals surface area (Å²) in [6.07, 6.45) is 0.924. The zero-order valence-corrected chi connectivity index (χ0v) is 11.8. The zero-order valence-electron chi connectivity index (χ0n) is 11.8. The monoisotopic (exact) mass is 285 g/mol. The first-order chi connectivity index (χ1) is 10.3. The van der Waals surface area contributed by atoms with Gasteiger partial charge in [0.05, 0.1) is 13.0 Å². The van der Waals surface area contributed by atoms with Crippen LogP contribution in [0.1, 0.15) is 12.0 Å². The summed E-state index contributed by atoms with van der Waals surface area (Å²) in [6.45, 7) is 0.855. The Kier molecular flexibility index (Phi) is 5.64. The molecule has 4 nitrogen and oxygen atoms in total. The minimum atomic E-state index is -0.0543. The third-order valence-corrected chi connectivity index (χ3v) is 3.05. The lowest BCUT2D eigenvalue weighted by Crippen LogP contribution is -2.27. The van der Waals surface area contributed by atoms with E-state index >= 15 is 0 Å². The molecule has 1 amide bonds. The van der Waals surface area contributed by atoms with Crippen LogP contribution in [-0.4, -0.2) is 24.2 Å². The minimum absolute atomic E-state index is 0.0543. The summed E-state index contributed by atoms with van der Waals surface area (Å²) in [4.78, 5) is 11.7. The van der Waals surface area contributed by atoms with Gasteiger partial charge in [-0.2, -0.15) is 0 Å². The summed E-state index contributed by atoms with van der Waals surface area (Å²) in [6, 6.07) is 16.5. The van der Waals surface area contributed by atoms with Gasteiger partial charge in [0, 0.05) is 6.54 Å². The van der Waals surface area contributed by atoms with E-state index in [9.17, 15) is 9.90 Å². The normalized spacial score (nSPS) is 10.1. The van der Waals surface area contributed by atoms with Crippen molar-refractivity contribution in [2.24, 2.45) is 0 Å². The minimum Gasteiger partial charge on any atom is -0.508 e. The van der Waals surface area contributed by atoms with E-state index in [0.717, 1.165) is 11.3 Å². The Hall–Kier alpha value is -2.49. The Labute approximate surface area is 124 Å². The van der Waals surface area contributed by atoms with Crippen LogP contribution in [0.4, 0.5) is 0 Å². The second kappa shape index (κ2) is 7.94. The average Bonchev–Trinajstić information content (AvgIpc) is 2.50. The molecule has 0 aromatic heterocycles. The van der Waals surface area contributed by atoms with Crippen LogP contribution in [0.3, 0.4) is 0 Å². The number of amides is 1. The van der Waals surface area contributed by atoms with Crippen LogP contribution in [0.5, 0.6) is 11.5 Å². The molecule has 0 saturated heterocycles. The van der Waals surface area contributed by atoms with Crippen LogP contribution in [0, 0.1) is 0 Å². The fourth-order valence-corrected chi connectivity index (χ4v) is 1.93. The lowest BCUT2D eigenvalue weighted by molar-refractivity contribution is -0.121. The van der Waals surface area contributed by atoms with E-state index < -0.39 is 0 Å². The second-order valence-corrected chi connectivity index (χ2v) is 4.64. The van der Waals surface area contributed by atoms with Crippen molar-refractivity contribution in [1.29, 1.82) is 0 Å². The van der Waals surface area contributed by atoms with Gasteiger partial charge in [-0.3, -0.25) is 4.79 Å². The molecule has 0 heterocycles. The molecular formula is C17H19NO3. The highest BCUT2D eigenvalue weighted by molar-refractivity contribution is 5.76. The van der Waals surface area contributed by atoms with Crippen LogP contribution >= 0.6 is 0 Å². The Morgan fingerprint density at radius 3 is 2.52 bits per heavy atom. The van der Waals surface area contributed by atoms with Gasteiger partial charge in [-0.15, -0.1) is 0 Å². The number of carbonyl (C=O) groups excluding carboxylic acids is 1. The van der Waals surface area contributed by atoms with Crippen LogP contribution in [0.25, 0.3) is 0 Å². The Bertz CT molecular complexity index is 569. The summed E-state index contributed by atoms with van der Waals surface area (Å²) in [5.74, 6) is 0.972. The molecule has 0 bridgehead atoms. The molecule has 0 spiro atoms. The summed E-state index contributed by atoms with van der Waals surface area (Å²) >= 11 is 0. The number of para-hydroxylation sites is 2. The summed E-state index contributed by atoms with van der Waals surface area (Å²) in [5.41, 5.74) is 0.832. The number of rotatable bonds is 7. The van der Waals surface area contributed by atoms with Crippen LogP contribution < -0.4 is 10.1 Å². The molecule has 110 valence electrons. The predicted octanol–water partition coefficient (Wildman–Crippen LogP) is 2.52. The molecule has 2 aromatic rings. The van der Waals surface area contributed by atoms with Gasteiger partial charge in [0.25, 0.3) is 0 Å². The first-order valence-electron chi connectivity index (χ1n) is 6.97. The van der Waals surface area contributed by atoms with Gasteiger partial charge < -0.3 is 15.2 Å². The molecule has 0 atom stereocenters. The van der Waals surface area contributed by atoms with Crippen molar-refractivity contribution in [3.63, 3.8) is 0 Å². The molecule has 0 saturated carbocycles. The molecule has 0 radical (unpaired) electrons. The van der Waals surface area contributed by atoms with Crippen molar-refractivity contribution in [3.8, 4) is 11.5 Å². The van der Waals surface area contributed by atoms with Gasteiger partial charge in [0.15, 0.2) is 0 Å². The van der Waals surface area contributed by atoms with Crippen molar-refractivity contribution in [3.05, 3.63) is 60.2 Å². The second-order valence-electron chi connectivity index (χ2n) is 4.64. The molecular weight excluding hydrogens is 266 g/mol. The predicted molar refractivity (Wildman–Crippen MR) is 81.4 cm³/mol. The maximum absolute atomic E-state index is 11.7. The van der Waals surface area contributed by atoms with Gasteiger partial charge in [-0.1, -0.05) is 36.4 Å². The van der Waals surface area contributed by atoms with Crippen molar-refractivity contribution in [2.45, 2.75) is 12.8 Å². The number of aromatic hydroxyl groups is 1. The van der Waals surface area contributed by atoms with Gasteiger partial charge >= 0.3 is 0 Å². The summed E-state index contributed by atoms with van der Waals surface area (Å²) in [5, 5.41) is 12.4. The maximum Gasteiger partial charge on any atom is 0.223 e. The molecule has 2 rings (SSSR count). The Morgan fingerprint density at radius 1 is 1.05 bits per heavy atom. The first kappa shape index (κ1) is 14.9. The van der Waals surface area contributed by atoms with Crippen LogP contribution in [-0.2, 0) is 11.2 Å². The molecule has 21 heavy (non-hydrogen) atoms. The molecule has 0 fully saturated rings. The van der Waals surface area contributed by atoms with Crippen molar-refractivity contribution < 1.29 is 14.6 Å². The number of nitrogens with one attached hydrogen (secondary N) is 1. The van der Waals surface area contributed by atoms with Gasteiger partial charge in [0.2, 0.25) is 5.91 Å². The van der Waals surface area contributed by atoms with E-state index in [1.54, 1.807) is 12.1 Å². The number of hydrogen-bond acceptors (Lipinski definition) is 3. The molecule has 4 heteroatoms. The molecule has 0 aliphatic heterocycles. The molecule has 0 aliphatic rings. The highest BCUT2D eigenvalue weighted by atomic mass is 16.5. The summed E-state index contributed by atoms with van der Waals surface area (Å²) < 4.78 is 5.46. The standard InChI is InChI=1S/C17H19NO3/c19-16-9-5-4-6-14(16)10-12-18-17(20)11-13-21-15-7-2-1-3-8-15/h1-9,19H,10-13H2,(H,18,20). The molecule has 0 unspecified atom stereocenters. The highest BCUT2D eigenvalue weighted by Gasteiger charge is 2.03. The van der Waals surface area contributed by atoms with E-state index in [2.05, 4.69) is 5.32 Å². The van der Waals surface area contributed by atoms with Gasteiger partial charge in [-0.05, 0) is 30.2 Å². The van der Waals surface area contributed by atoms with Crippen molar-refractivity contribution in [2.75, 3.05) is 13.2 Å². The summed E-state index contributed by atoms with van der Waals surface area (Å²) in [7, 11) is 0. The largest absolute Gasteiger partial charge is 0.508 e. The van der Waals surface area contributed by atoms with E-state index in [1.165, 1.54) is 0 Å². The third-order valence-electron chi connectivity index (χ3n) is 3.05. The number of benzene rings is 2. The van der Waals surface area contributed by atoms with Crippen molar-refractivity contribution >= 4 is 5.91 Å². The number of carbonyl (C=O) groups is 1. The van der Waals surface area contributed by atoms with E-state index in [0.29, 0.717) is 26.0 Å². The fourth-order valence-electron chi connectivity index (χ4n) is 1.93. The molecule has 2 aromatic carbocycles. The number of phenolic OH excluding ortho intramolecular Hbond substituents is 1. The smallest absolute Gasteiger partial charge is 0.223 e. The first-order valence-corrected chi connectivity index (χ1v) is 6.97. The fraction of sp³-hybridized carbons (Fsp3) is 0.235. The number of phenols is 1. The van der Waals surface area contributed by atoms with E-state index in [1.807, 2.05) is 42.5 Å². The van der Waals surface area contributed by atoms with Crippen LogP contribution in [0.2, 0.25) is 0 Å².